The van der Waals surface area contributed by atoms with Crippen LogP contribution in [0.1, 0.15) is 23.8 Å². The number of esters is 1. The molecule has 1 heterocycles. The van der Waals surface area contributed by atoms with Crippen molar-refractivity contribution in [2.24, 2.45) is 0 Å². The van der Waals surface area contributed by atoms with Crippen molar-refractivity contribution in [1.29, 1.82) is 0 Å². The topological polar surface area (TPSA) is 114 Å². The predicted octanol–water partition coefficient (Wildman–Crippen LogP) is 0.415. The van der Waals surface area contributed by atoms with E-state index in [1.165, 1.54) is 5.38 Å². The maximum atomic E-state index is 12.4. The van der Waals surface area contributed by atoms with E-state index in [-0.39, 0.29) is 17.1 Å². The van der Waals surface area contributed by atoms with Gasteiger partial charge in [-0.1, -0.05) is 6.92 Å². The Morgan fingerprint density at radius 3 is 2.65 bits per heavy atom. The molecule has 0 aliphatic carbocycles. The first-order chi connectivity index (χ1) is 9.34. The number of sulfonamides is 1. The highest BCUT2D eigenvalue weighted by atomic mass is 32.2. The monoisotopic (exact) mass is 322 g/mol. The highest BCUT2D eigenvalue weighted by molar-refractivity contribution is 7.89. The molecule has 0 aliphatic rings. The highest BCUT2D eigenvalue weighted by Gasteiger charge is 2.32. The van der Waals surface area contributed by atoms with Gasteiger partial charge in [0.15, 0.2) is 5.69 Å². The summed E-state index contributed by atoms with van der Waals surface area (Å²) in [5, 5.41) is 9.97. The fraction of sp³-hybridized carbons (Fsp3) is 0.500. The van der Waals surface area contributed by atoms with Crippen molar-refractivity contribution in [3.05, 3.63) is 11.1 Å². The average Bonchev–Trinajstić information content (AvgIpc) is 2.86. The number of hydrogen-bond donors (Lipinski definition) is 1. The van der Waals surface area contributed by atoms with Crippen LogP contribution < -0.4 is 0 Å². The van der Waals surface area contributed by atoms with Crippen LogP contribution in [0.15, 0.2) is 10.3 Å². The summed E-state index contributed by atoms with van der Waals surface area (Å²) < 4.78 is 33.7. The van der Waals surface area contributed by atoms with E-state index >= 15 is 0 Å². The molecule has 0 aliphatic heterocycles. The van der Waals surface area contributed by atoms with E-state index in [1.54, 1.807) is 6.92 Å². The number of methoxy groups -OCH3 is 1. The van der Waals surface area contributed by atoms with Gasteiger partial charge >= 0.3 is 11.9 Å². The molecule has 0 amide bonds. The van der Waals surface area contributed by atoms with Crippen molar-refractivity contribution < 1.29 is 27.9 Å². The second-order valence-electron chi connectivity index (χ2n) is 3.75. The molecular weight excluding hydrogens is 308 g/mol. The molecule has 0 atom stereocenters. The molecule has 0 fully saturated rings. The zero-order chi connectivity index (χ0) is 15.3. The maximum Gasteiger partial charge on any atom is 0.359 e. The number of carbonyl (C=O) groups is 2. The minimum absolute atomic E-state index is 0.0328. The van der Waals surface area contributed by atoms with Gasteiger partial charge in [-0.25, -0.2) is 13.2 Å². The Labute approximate surface area is 120 Å². The molecule has 1 aromatic heterocycles. The van der Waals surface area contributed by atoms with E-state index in [4.69, 9.17) is 5.11 Å². The summed E-state index contributed by atoms with van der Waals surface area (Å²) in [5.41, 5.74) is -0.330. The van der Waals surface area contributed by atoms with E-state index in [0.717, 1.165) is 22.9 Å². The van der Waals surface area contributed by atoms with Crippen LogP contribution in [0, 0.1) is 0 Å². The summed E-state index contributed by atoms with van der Waals surface area (Å²) in [6.07, 6.45) is 0.442. The number of carboxylic acid groups (broad SMARTS) is 1. The van der Waals surface area contributed by atoms with Gasteiger partial charge < -0.3 is 9.84 Å². The second-order valence-corrected chi connectivity index (χ2v) is 6.29. The normalized spacial score (nSPS) is 11.6. The lowest BCUT2D eigenvalue weighted by molar-refractivity contribution is -0.137. The second kappa shape index (κ2) is 6.77. The molecule has 0 saturated carbocycles. The molecule has 20 heavy (non-hydrogen) atoms. The van der Waals surface area contributed by atoms with Gasteiger partial charge in [-0.2, -0.15) is 8.68 Å². The standard InChI is InChI=1S/C10H14N2O6S2/c1-3-4-12(5-8(13)14)20(16,17)7-6-19-11-9(7)10(15)18-2/h6H,3-5H2,1-2H3,(H,13,14). The van der Waals surface area contributed by atoms with Crippen LogP contribution in [0.5, 0.6) is 0 Å². The molecule has 0 unspecified atom stereocenters. The van der Waals surface area contributed by atoms with Crippen molar-refractivity contribution in [3.63, 3.8) is 0 Å². The molecule has 0 saturated heterocycles. The largest absolute Gasteiger partial charge is 0.480 e. The number of carbonyl (C=O) groups excluding carboxylic acids is 1. The van der Waals surface area contributed by atoms with Crippen LogP contribution in [0.2, 0.25) is 0 Å². The maximum absolute atomic E-state index is 12.4. The molecule has 0 spiro atoms. The Hall–Kier alpha value is -1.52. The van der Waals surface area contributed by atoms with Crippen molar-refractivity contribution in [2.75, 3.05) is 20.2 Å². The Kier molecular flexibility index (Phi) is 5.60. The van der Waals surface area contributed by atoms with Crippen molar-refractivity contribution >= 4 is 33.5 Å². The quantitative estimate of drug-likeness (QED) is 0.723. The van der Waals surface area contributed by atoms with Crippen LogP contribution >= 0.6 is 11.5 Å². The Morgan fingerprint density at radius 2 is 2.15 bits per heavy atom. The van der Waals surface area contributed by atoms with Crippen molar-refractivity contribution in [1.82, 2.24) is 8.68 Å². The lowest BCUT2D eigenvalue weighted by atomic mass is 10.4. The van der Waals surface area contributed by atoms with Crippen LogP contribution in [-0.2, 0) is 19.6 Å². The smallest absolute Gasteiger partial charge is 0.359 e. The lowest BCUT2D eigenvalue weighted by Gasteiger charge is -2.19. The molecule has 1 aromatic rings. The van der Waals surface area contributed by atoms with Gasteiger partial charge in [0.05, 0.1) is 7.11 Å². The number of rotatable bonds is 7. The summed E-state index contributed by atoms with van der Waals surface area (Å²) in [7, 11) is -2.99. The summed E-state index contributed by atoms with van der Waals surface area (Å²) in [4.78, 5) is 21.9. The van der Waals surface area contributed by atoms with E-state index in [2.05, 4.69) is 9.11 Å². The summed E-state index contributed by atoms with van der Waals surface area (Å²) >= 11 is 0.787. The first-order valence-electron chi connectivity index (χ1n) is 5.59. The van der Waals surface area contributed by atoms with E-state index < -0.39 is 28.5 Å². The number of aliphatic carboxylic acids is 1. The third-order valence-electron chi connectivity index (χ3n) is 2.32. The third-order valence-corrected chi connectivity index (χ3v) is 4.96. The van der Waals surface area contributed by atoms with Gasteiger partial charge in [-0.3, -0.25) is 4.79 Å². The number of carboxylic acids is 1. The Balaban J connectivity index is 3.23. The molecule has 0 bridgehead atoms. The van der Waals surface area contributed by atoms with Crippen molar-refractivity contribution in [3.8, 4) is 0 Å². The molecule has 8 nitrogen and oxygen atoms in total. The Morgan fingerprint density at radius 1 is 1.50 bits per heavy atom. The first-order valence-corrected chi connectivity index (χ1v) is 7.86. The molecule has 10 heteroatoms. The number of nitrogens with zero attached hydrogens (tertiary/aromatic N) is 2. The van der Waals surface area contributed by atoms with Crippen LogP contribution in [-0.4, -0.2) is 54.3 Å². The third kappa shape index (κ3) is 3.52. The molecule has 1 rings (SSSR count). The SMILES string of the molecule is CCCN(CC(=O)O)S(=O)(=O)c1csnc1C(=O)OC. The summed E-state index contributed by atoms with van der Waals surface area (Å²) in [6, 6.07) is 0. The molecule has 1 N–H and O–H groups in total. The predicted molar refractivity (Wildman–Crippen MR) is 70.1 cm³/mol. The number of hydrogen-bond acceptors (Lipinski definition) is 7. The highest BCUT2D eigenvalue weighted by Crippen LogP contribution is 2.22. The van der Waals surface area contributed by atoms with Gasteiger partial charge in [0, 0.05) is 11.9 Å². The zero-order valence-electron chi connectivity index (χ0n) is 10.9. The minimum Gasteiger partial charge on any atom is -0.480 e. The van der Waals surface area contributed by atoms with E-state index in [0.29, 0.717) is 6.42 Å². The van der Waals surface area contributed by atoms with Crippen LogP contribution in [0.25, 0.3) is 0 Å². The fourth-order valence-electron chi connectivity index (χ4n) is 1.47. The van der Waals surface area contributed by atoms with Gasteiger partial charge in [0.25, 0.3) is 0 Å². The lowest BCUT2D eigenvalue weighted by Crippen LogP contribution is -2.36. The van der Waals surface area contributed by atoms with Gasteiger partial charge in [0.2, 0.25) is 10.0 Å². The summed E-state index contributed by atoms with van der Waals surface area (Å²) in [6.45, 7) is 1.08. The Bertz CT molecular complexity index is 595. The van der Waals surface area contributed by atoms with Crippen LogP contribution in [0.4, 0.5) is 0 Å². The first kappa shape index (κ1) is 16.5. The summed E-state index contributed by atoms with van der Waals surface area (Å²) in [5.74, 6) is -2.15. The molecular formula is C10H14N2O6S2. The van der Waals surface area contributed by atoms with Crippen molar-refractivity contribution in [2.45, 2.75) is 18.2 Å². The number of ether oxygens (including phenoxy) is 1. The molecule has 0 radical (unpaired) electrons. The van der Waals surface area contributed by atoms with E-state index in [9.17, 15) is 18.0 Å². The average molecular weight is 322 g/mol. The molecule has 0 aromatic carbocycles. The van der Waals surface area contributed by atoms with E-state index in [1.807, 2.05) is 0 Å². The number of aromatic nitrogens is 1. The van der Waals surface area contributed by atoms with Crippen LogP contribution in [0.3, 0.4) is 0 Å². The van der Waals surface area contributed by atoms with Gasteiger partial charge in [0.1, 0.15) is 11.4 Å². The fourth-order valence-corrected chi connectivity index (χ4v) is 4.04. The zero-order valence-corrected chi connectivity index (χ0v) is 12.5. The van der Waals surface area contributed by atoms with Gasteiger partial charge in [-0.05, 0) is 18.0 Å². The minimum atomic E-state index is -4.10. The van der Waals surface area contributed by atoms with Gasteiger partial charge in [-0.15, -0.1) is 0 Å². The molecule has 112 valence electrons.